The standard InChI is InChI=1S/C18H24N2O3S/c1-13(14-3-5-16(23-2)6-4-14)7-9-19-18(22)20-11-17(21)15-8-10-24-12-15/h3-6,8,10,12-13,17,21H,7,9,11H2,1-2H3,(H2,19,20,22). The van der Waals surface area contributed by atoms with E-state index in [0.717, 1.165) is 17.7 Å². The summed E-state index contributed by atoms with van der Waals surface area (Å²) in [5.41, 5.74) is 2.04. The average Bonchev–Trinajstić information content (AvgIpc) is 3.14. The van der Waals surface area contributed by atoms with Crippen LogP contribution in [0.1, 0.15) is 36.5 Å². The van der Waals surface area contributed by atoms with Gasteiger partial charge in [0.25, 0.3) is 0 Å². The summed E-state index contributed by atoms with van der Waals surface area (Å²) in [5.74, 6) is 1.18. The third-order valence-corrected chi connectivity index (χ3v) is 4.63. The number of carbonyl (C=O) groups excluding carboxylic acids is 1. The van der Waals surface area contributed by atoms with Gasteiger partial charge in [-0.05, 0) is 52.4 Å². The zero-order valence-electron chi connectivity index (χ0n) is 14.0. The minimum absolute atomic E-state index is 0.205. The molecule has 1 heterocycles. The van der Waals surface area contributed by atoms with E-state index in [4.69, 9.17) is 4.74 Å². The topological polar surface area (TPSA) is 70.6 Å². The predicted molar refractivity (Wildman–Crippen MR) is 96.7 cm³/mol. The number of benzene rings is 1. The second-order valence-corrected chi connectivity index (χ2v) is 6.45. The lowest BCUT2D eigenvalue weighted by Gasteiger charge is -2.14. The van der Waals surface area contributed by atoms with Gasteiger partial charge in [-0.2, -0.15) is 11.3 Å². The van der Waals surface area contributed by atoms with Crippen molar-refractivity contribution in [3.8, 4) is 5.75 Å². The molecule has 2 amide bonds. The minimum atomic E-state index is -0.666. The zero-order chi connectivity index (χ0) is 17.4. The molecular weight excluding hydrogens is 324 g/mol. The van der Waals surface area contributed by atoms with Crippen LogP contribution in [-0.2, 0) is 0 Å². The van der Waals surface area contributed by atoms with Crippen molar-refractivity contribution in [2.24, 2.45) is 0 Å². The molecule has 5 nitrogen and oxygen atoms in total. The molecule has 24 heavy (non-hydrogen) atoms. The average molecular weight is 348 g/mol. The van der Waals surface area contributed by atoms with E-state index in [1.807, 2.05) is 41.1 Å². The highest BCUT2D eigenvalue weighted by molar-refractivity contribution is 7.07. The SMILES string of the molecule is COc1ccc(C(C)CCNC(=O)NCC(O)c2ccsc2)cc1. The smallest absolute Gasteiger partial charge is 0.314 e. The van der Waals surface area contributed by atoms with Gasteiger partial charge < -0.3 is 20.5 Å². The summed E-state index contributed by atoms with van der Waals surface area (Å²) in [6.07, 6.45) is 0.174. The Bertz CT molecular complexity index is 614. The molecule has 1 aromatic carbocycles. The van der Waals surface area contributed by atoms with E-state index >= 15 is 0 Å². The van der Waals surface area contributed by atoms with Crippen molar-refractivity contribution in [1.82, 2.24) is 10.6 Å². The lowest BCUT2D eigenvalue weighted by atomic mass is 9.98. The summed E-state index contributed by atoms with van der Waals surface area (Å²) in [5, 5.41) is 19.2. The predicted octanol–water partition coefficient (Wildman–Crippen LogP) is 3.28. The number of aliphatic hydroxyl groups is 1. The maximum absolute atomic E-state index is 11.8. The van der Waals surface area contributed by atoms with E-state index < -0.39 is 6.10 Å². The zero-order valence-corrected chi connectivity index (χ0v) is 14.8. The molecule has 2 atom stereocenters. The van der Waals surface area contributed by atoms with Crippen molar-refractivity contribution < 1.29 is 14.6 Å². The molecule has 0 aliphatic rings. The van der Waals surface area contributed by atoms with Gasteiger partial charge in [-0.1, -0.05) is 19.1 Å². The molecule has 2 aromatic rings. The van der Waals surface area contributed by atoms with Crippen molar-refractivity contribution in [2.75, 3.05) is 20.2 Å². The first-order chi connectivity index (χ1) is 11.6. The summed E-state index contributed by atoms with van der Waals surface area (Å²) in [7, 11) is 1.65. The number of urea groups is 1. The van der Waals surface area contributed by atoms with E-state index in [-0.39, 0.29) is 12.6 Å². The number of methoxy groups -OCH3 is 1. The van der Waals surface area contributed by atoms with Crippen LogP contribution in [0.4, 0.5) is 4.79 Å². The van der Waals surface area contributed by atoms with Gasteiger partial charge in [0, 0.05) is 13.1 Å². The highest BCUT2D eigenvalue weighted by Crippen LogP contribution is 2.21. The Labute approximate surface area is 146 Å². The number of carbonyl (C=O) groups is 1. The molecule has 0 saturated carbocycles. The number of rotatable bonds is 8. The molecule has 2 rings (SSSR count). The maximum atomic E-state index is 11.8. The molecule has 0 saturated heterocycles. The van der Waals surface area contributed by atoms with Crippen LogP contribution >= 0.6 is 11.3 Å². The van der Waals surface area contributed by atoms with Crippen LogP contribution in [0.2, 0.25) is 0 Å². The van der Waals surface area contributed by atoms with E-state index in [2.05, 4.69) is 17.6 Å². The van der Waals surface area contributed by atoms with Crippen LogP contribution in [0.5, 0.6) is 5.75 Å². The van der Waals surface area contributed by atoms with Crippen LogP contribution in [0.15, 0.2) is 41.1 Å². The molecule has 0 aliphatic carbocycles. The molecule has 3 N–H and O–H groups in total. The van der Waals surface area contributed by atoms with Gasteiger partial charge in [-0.15, -0.1) is 0 Å². The molecule has 130 valence electrons. The van der Waals surface area contributed by atoms with Crippen LogP contribution in [0, 0.1) is 0 Å². The number of aliphatic hydroxyl groups excluding tert-OH is 1. The summed E-state index contributed by atoms with van der Waals surface area (Å²) in [6.45, 7) is 2.91. The van der Waals surface area contributed by atoms with Crippen molar-refractivity contribution >= 4 is 17.4 Å². The number of nitrogens with one attached hydrogen (secondary N) is 2. The van der Waals surface area contributed by atoms with Crippen LogP contribution in [-0.4, -0.2) is 31.3 Å². The van der Waals surface area contributed by atoms with E-state index in [9.17, 15) is 9.90 Å². The molecule has 0 bridgehead atoms. The summed E-state index contributed by atoms with van der Waals surface area (Å²) < 4.78 is 5.15. The molecule has 0 fully saturated rings. The van der Waals surface area contributed by atoms with Crippen LogP contribution < -0.4 is 15.4 Å². The first kappa shape index (κ1) is 18.3. The summed E-state index contributed by atoms with van der Waals surface area (Å²) >= 11 is 1.52. The Morgan fingerprint density at radius 2 is 1.96 bits per heavy atom. The van der Waals surface area contributed by atoms with Gasteiger partial charge >= 0.3 is 6.03 Å². The largest absolute Gasteiger partial charge is 0.497 e. The van der Waals surface area contributed by atoms with Crippen molar-refractivity contribution in [1.29, 1.82) is 0 Å². The second-order valence-electron chi connectivity index (χ2n) is 5.67. The van der Waals surface area contributed by atoms with Gasteiger partial charge in [-0.25, -0.2) is 4.79 Å². The Morgan fingerprint density at radius 3 is 2.58 bits per heavy atom. The molecule has 1 aromatic heterocycles. The van der Waals surface area contributed by atoms with Gasteiger partial charge in [0.1, 0.15) is 5.75 Å². The number of amides is 2. The first-order valence-electron chi connectivity index (χ1n) is 7.96. The Hall–Kier alpha value is -2.05. The van der Waals surface area contributed by atoms with Gasteiger partial charge in [0.15, 0.2) is 0 Å². The van der Waals surface area contributed by atoms with Gasteiger partial charge in [0.2, 0.25) is 0 Å². The summed E-state index contributed by atoms with van der Waals surface area (Å²) in [4.78, 5) is 11.8. The number of hydrogen-bond donors (Lipinski definition) is 3. The summed E-state index contributed by atoms with van der Waals surface area (Å²) in [6, 6.07) is 9.56. The highest BCUT2D eigenvalue weighted by Gasteiger charge is 2.10. The molecule has 6 heteroatoms. The Balaban J connectivity index is 1.66. The lowest BCUT2D eigenvalue weighted by molar-refractivity contribution is 0.173. The number of ether oxygens (including phenoxy) is 1. The van der Waals surface area contributed by atoms with Crippen molar-refractivity contribution in [3.05, 3.63) is 52.2 Å². The Kier molecular flexibility index (Phi) is 7.08. The number of hydrogen-bond acceptors (Lipinski definition) is 4. The number of thiophene rings is 1. The highest BCUT2D eigenvalue weighted by atomic mass is 32.1. The third-order valence-electron chi connectivity index (χ3n) is 3.93. The third kappa shape index (κ3) is 5.54. The van der Waals surface area contributed by atoms with E-state index in [1.165, 1.54) is 16.9 Å². The lowest BCUT2D eigenvalue weighted by Crippen LogP contribution is -2.38. The minimum Gasteiger partial charge on any atom is -0.497 e. The normalized spacial score (nSPS) is 13.1. The van der Waals surface area contributed by atoms with E-state index in [1.54, 1.807) is 7.11 Å². The van der Waals surface area contributed by atoms with E-state index in [0.29, 0.717) is 12.5 Å². The quantitative estimate of drug-likeness (QED) is 0.685. The molecule has 2 unspecified atom stereocenters. The molecular formula is C18H24N2O3S. The maximum Gasteiger partial charge on any atom is 0.314 e. The first-order valence-corrected chi connectivity index (χ1v) is 8.90. The van der Waals surface area contributed by atoms with Crippen LogP contribution in [0.25, 0.3) is 0 Å². The van der Waals surface area contributed by atoms with Crippen molar-refractivity contribution in [3.63, 3.8) is 0 Å². The molecule has 0 spiro atoms. The fraction of sp³-hybridized carbons (Fsp3) is 0.389. The van der Waals surface area contributed by atoms with Gasteiger partial charge in [0.05, 0.1) is 13.2 Å². The molecule has 0 aliphatic heterocycles. The van der Waals surface area contributed by atoms with Gasteiger partial charge in [-0.3, -0.25) is 0 Å². The fourth-order valence-corrected chi connectivity index (χ4v) is 3.04. The monoisotopic (exact) mass is 348 g/mol. The molecule has 0 radical (unpaired) electrons. The Morgan fingerprint density at radius 1 is 1.21 bits per heavy atom. The van der Waals surface area contributed by atoms with Crippen LogP contribution in [0.3, 0.4) is 0 Å². The van der Waals surface area contributed by atoms with Crippen molar-refractivity contribution in [2.45, 2.75) is 25.4 Å². The fourth-order valence-electron chi connectivity index (χ4n) is 2.34. The second kappa shape index (κ2) is 9.30.